The summed E-state index contributed by atoms with van der Waals surface area (Å²) < 4.78 is 48.5. The zero-order valence-electron chi connectivity index (χ0n) is 8.19. The molecule has 2 N–H and O–H groups in total. The standard InChI is InChI=1S/C10H10ClF4N/c11-8-5-6(12)1-2-7(8)9(16)3-4-10(13,14)15/h1-2,5,9H,3-4,16H2. The van der Waals surface area contributed by atoms with Gasteiger partial charge >= 0.3 is 6.18 Å². The Bertz CT molecular complexity index is 364. The largest absolute Gasteiger partial charge is 0.389 e. The summed E-state index contributed by atoms with van der Waals surface area (Å²) in [5.41, 5.74) is 5.87. The molecule has 0 radical (unpaired) electrons. The van der Waals surface area contributed by atoms with Crippen molar-refractivity contribution in [3.05, 3.63) is 34.6 Å². The summed E-state index contributed by atoms with van der Waals surface area (Å²) in [6.45, 7) is 0. The molecule has 16 heavy (non-hydrogen) atoms. The molecule has 6 heteroatoms. The summed E-state index contributed by atoms with van der Waals surface area (Å²) in [6, 6.07) is 2.62. The van der Waals surface area contributed by atoms with E-state index in [-0.39, 0.29) is 11.4 Å². The Hall–Kier alpha value is -0.810. The van der Waals surface area contributed by atoms with Crippen LogP contribution in [0.5, 0.6) is 0 Å². The van der Waals surface area contributed by atoms with Crippen LogP contribution < -0.4 is 5.73 Å². The van der Waals surface area contributed by atoms with E-state index in [1.165, 1.54) is 6.07 Å². The van der Waals surface area contributed by atoms with Crippen LogP contribution in [-0.4, -0.2) is 6.18 Å². The van der Waals surface area contributed by atoms with E-state index >= 15 is 0 Å². The lowest BCUT2D eigenvalue weighted by atomic mass is 10.0. The molecule has 0 amide bonds. The first-order chi connectivity index (χ1) is 7.29. The second-order valence-electron chi connectivity index (χ2n) is 3.43. The molecular weight excluding hydrogens is 246 g/mol. The fraction of sp³-hybridized carbons (Fsp3) is 0.400. The van der Waals surface area contributed by atoms with Gasteiger partial charge in [0.25, 0.3) is 0 Å². The lowest BCUT2D eigenvalue weighted by Crippen LogP contribution is -2.16. The number of nitrogens with two attached hydrogens (primary N) is 1. The van der Waals surface area contributed by atoms with Gasteiger partial charge in [-0.15, -0.1) is 0 Å². The fourth-order valence-electron chi connectivity index (χ4n) is 1.28. The molecule has 0 heterocycles. The van der Waals surface area contributed by atoms with Crippen molar-refractivity contribution < 1.29 is 17.6 Å². The monoisotopic (exact) mass is 255 g/mol. The number of rotatable bonds is 3. The normalized spacial score (nSPS) is 13.9. The van der Waals surface area contributed by atoms with Crippen molar-refractivity contribution in [2.75, 3.05) is 0 Å². The van der Waals surface area contributed by atoms with Crippen molar-refractivity contribution in [3.63, 3.8) is 0 Å². The summed E-state index contributed by atoms with van der Waals surface area (Å²) >= 11 is 5.67. The molecule has 1 unspecified atom stereocenters. The van der Waals surface area contributed by atoms with Gasteiger partial charge in [-0.3, -0.25) is 0 Å². The average molecular weight is 256 g/mol. The van der Waals surface area contributed by atoms with Gasteiger partial charge in [0.2, 0.25) is 0 Å². The Kier molecular flexibility index (Phi) is 4.15. The lowest BCUT2D eigenvalue weighted by molar-refractivity contribution is -0.136. The molecule has 0 saturated heterocycles. The van der Waals surface area contributed by atoms with Crippen LogP contribution in [0.1, 0.15) is 24.4 Å². The van der Waals surface area contributed by atoms with Crippen molar-refractivity contribution in [1.82, 2.24) is 0 Å². The van der Waals surface area contributed by atoms with Gasteiger partial charge < -0.3 is 5.73 Å². The van der Waals surface area contributed by atoms with Crippen molar-refractivity contribution in [2.45, 2.75) is 25.1 Å². The Morgan fingerprint density at radius 2 is 1.94 bits per heavy atom. The molecule has 1 aromatic carbocycles. The first kappa shape index (κ1) is 13.3. The molecule has 1 atom stereocenters. The number of hydrogen-bond acceptors (Lipinski definition) is 1. The summed E-state index contributed by atoms with van der Waals surface area (Å²) in [4.78, 5) is 0. The Morgan fingerprint density at radius 3 is 2.44 bits per heavy atom. The SMILES string of the molecule is NC(CCC(F)(F)F)c1ccc(F)cc1Cl. The van der Waals surface area contributed by atoms with Crippen LogP contribution in [0.4, 0.5) is 17.6 Å². The van der Waals surface area contributed by atoms with E-state index in [1.807, 2.05) is 0 Å². The van der Waals surface area contributed by atoms with Crippen molar-refractivity contribution >= 4 is 11.6 Å². The predicted octanol–water partition coefficient (Wildman–Crippen LogP) is 3.82. The Morgan fingerprint density at radius 1 is 1.31 bits per heavy atom. The van der Waals surface area contributed by atoms with Gasteiger partial charge in [-0.05, 0) is 24.1 Å². The maximum Gasteiger partial charge on any atom is 0.389 e. The second-order valence-corrected chi connectivity index (χ2v) is 3.83. The average Bonchev–Trinajstić information content (AvgIpc) is 2.13. The third-order valence-electron chi connectivity index (χ3n) is 2.10. The molecule has 0 fully saturated rings. The van der Waals surface area contributed by atoms with Gasteiger partial charge in [0.05, 0.1) is 0 Å². The molecule has 0 saturated carbocycles. The highest BCUT2D eigenvalue weighted by Gasteiger charge is 2.28. The number of alkyl halides is 3. The predicted molar refractivity (Wildman–Crippen MR) is 53.6 cm³/mol. The zero-order chi connectivity index (χ0) is 12.3. The Balaban J connectivity index is 2.70. The summed E-state index contributed by atoms with van der Waals surface area (Å²) in [5.74, 6) is -0.545. The third kappa shape index (κ3) is 3.98. The van der Waals surface area contributed by atoms with Crippen LogP contribution >= 0.6 is 11.6 Å². The smallest absolute Gasteiger partial charge is 0.324 e. The molecule has 0 aromatic heterocycles. The molecule has 1 nitrogen and oxygen atoms in total. The Labute approximate surface area is 95.2 Å². The van der Waals surface area contributed by atoms with Crippen LogP contribution in [0.2, 0.25) is 5.02 Å². The van der Waals surface area contributed by atoms with Gasteiger partial charge in [0.1, 0.15) is 5.82 Å². The van der Waals surface area contributed by atoms with E-state index in [1.54, 1.807) is 0 Å². The molecule has 0 aliphatic carbocycles. The number of halogens is 5. The first-order valence-electron chi connectivity index (χ1n) is 4.57. The van der Waals surface area contributed by atoms with E-state index in [0.717, 1.165) is 12.1 Å². The van der Waals surface area contributed by atoms with E-state index < -0.39 is 24.5 Å². The third-order valence-corrected chi connectivity index (χ3v) is 2.43. The minimum absolute atomic E-state index is 0.0506. The molecule has 0 aliphatic rings. The van der Waals surface area contributed by atoms with Crippen LogP contribution in [-0.2, 0) is 0 Å². The minimum Gasteiger partial charge on any atom is -0.324 e. The van der Waals surface area contributed by atoms with Crippen molar-refractivity contribution in [1.29, 1.82) is 0 Å². The maximum atomic E-state index is 12.7. The van der Waals surface area contributed by atoms with Crippen molar-refractivity contribution in [3.8, 4) is 0 Å². The van der Waals surface area contributed by atoms with E-state index in [0.29, 0.717) is 5.56 Å². The van der Waals surface area contributed by atoms with E-state index in [9.17, 15) is 17.6 Å². The van der Waals surface area contributed by atoms with Gasteiger partial charge in [0.15, 0.2) is 0 Å². The summed E-state index contributed by atoms with van der Waals surface area (Å²) in [6.07, 6.45) is -5.50. The minimum atomic E-state index is -4.25. The lowest BCUT2D eigenvalue weighted by Gasteiger charge is -2.14. The van der Waals surface area contributed by atoms with Gasteiger partial charge in [-0.1, -0.05) is 17.7 Å². The van der Waals surface area contributed by atoms with E-state index in [2.05, 4.69) is 0 Å². The zero-order valence-corrected chi connectivity index (χ0v) is 8.95. The molecule has 90 valence electrons. The fourth-order valence-corrected chi connectivity index (χ4v) is 1.58. The van der Waals surface area contributed by atoms with Gasteiger partial charge in [-0.25, -0.2) is 4.39 Å². The van der Waals surface area contributed by atoms with Gasteiger partial charge in [0, 0.05) is 17.5 Å². The second kappa shape index (κ2) is 5.01. The molecule has 0 bridgehead atoms. The van der Waals surface area contributed by atoms with Crippen LogP contribution in [0.15, 0.2) is 18.2 Å². The molecule has 1 aromatic rings. The van der Waals surface area contributed by atoms with Gasteiger partial charge in [-0.2, -0.15) is 13.2 Å². The summed E-state index contributed by atoms with van der Waals surface area (Å²) in [7, 11) is 0. The number of hydrogen-bond donors (Lipinski definition) is 1. The maximum absolute atomic E-state index is 12.7. The highest BCUT2D eigenvalue weighted by atomic mass is 35.5. The van der Waals surface area contributed by atoms with Crippen LogP contribution in [0.3, 0.4) is 0 Å². The van der Waals surface area contributed by atoms with E-state index in [4.69, 9.17) is 17.3 Å². The van der Waals surface area contributed by atoms with Crippen molar-refractivity contribution in [2.24, 2.45) is 5.73 Å². The van der Waals surface area contributed by atoms with Crippen LogP contribution in [0.25, 0.3) is 0 Å². The number of benzene rings is 1. The van der Waals surface area contributed by atoms with Crippen LogP contribution in [0, 0.1) is 5.82 Å². The quantitative estimate of drug-likeness (QED) is 0.817. The molecule has 0 aliphatic heterocycles. The molecule has 0 spiro atoms. The highest BCUT2D eigenvalue weighted by molar-refractivity contribution is 6.31. The molecular formula is C10H10ClF4N. The topological polar surface area (TPSA) is 26.0 Å². The molecule has 1 rings (SSSR count). The highest BCUT2D eigenvalue weighted by Crippen LogP contribution is 2.29. The first-order valence-corrected chi connectivity index (χ1v) is 4.94. The summed E-state index contributed by atoms with van der Waals surface area (Å²) in [5, 5.41) is 0.0506.